The standard InChI is InChI=1S/C13H13BrClNS/c1-8-2-4-10(11(14)6-8)12(16)7-9-3-5-13(15)17-9/h2-6,12H,7,16H2,1H3. The lowest BCUT2D eigenvalue weighted by molar-refractivity contribution is 0.726. The van der Waals surface area contributed by atoms with E-state index in [-0.39, 0.29) is 6.04 Å². The van der Waals surface area contributed by atoms with E-state index in [4.69, 9.17) is 17.3 Å². The van der Waals surface area contributed by atoms with Crippen LogP contribution in [0.1, 0.15) is 22.0 Å². The van der Waals surface area contributed by atoms with Crippen molar-refractivity contribution in [3.63, 3.8) is 0 Å². The zero-order valence-corrected chi connectivity index (χ0v) is 12.6. The van der Waals surface area contributed by atoms with Crippen molar-refractivity contribution < 1.29 is 0 Å². The molecule has 1 nitrogen and oxygen atoms in total. The van der Waals surface area contributed by atoms with Gasteiger partial charge in [0.05, 0.1) is 4.34 Å². The lowest BCUT2D eigenvalue weighted by Gasteiger charge is -2.13. The molecule has 0 radical (unpaired) electrons. The Balaban J connectivity index is 2.17. The Kier molecular flexibility index (Phi) is 4.26. The first kappa shape index (κ1) is 13.1. The summed E-state index contributed by atoms with van der Waals surface area (Å²) in [6, 6.07) is 10.2. The van der Waals surface area contributed by atoms with E-state index in [9.17, 15) is 0 Å². The van der Waals surface area contributed by atoms with Crippen LogP contribution in [0.2, 0.25) is 4.34 Å². The molecule has 2 rings (SSSR count). The maximum atomic E-state index is 6.22. The van der Waals surface area contributed by atoms with E-state index in [0.29, 0.717) is 0 Å². The van der Waals surface area contributed by atoms with Crippen molar-refractivity contribution in [1.82, 2.24) is 0 Å². The van der Waals surface area contributed by atoms with E-state index in [1.807, 2.05) is 12.1 Å². The lowest BCUT2D eigenvalue weighted by Crippen LogP contribution is -2.13. The van der Waals surface area contributed by atoms with E-state index >= 15 is 0 Å². The molecular formula is C13H13BrClNS. The Bertz CT molecular complexity index is 524. The van der Waals surface area contributed by atoms with Gasteiger partial charge in [0.1, 0.15) is 0 Å². The van der Waals surface area contributed by atoms with Gasteiger partial charge in [0, 0.05) is 21.8 Å². The second-order valence-electron chi connectivity index (χ2n) is 4.04. The molecule has 0 saturated carbocycles. The average molecular weight is 331 g/mol. The van der Waals surface area contributed by atoms with E-state index in [1.165, 1.54) is 10.4 Å². The van der Waals surface area contributed by atoms with Crippen molar-refractivity contribution in [1.29, 1.82) is 0 Å². The van der Waals surface area contributed by atoms with Crippen LogP contribution >= 0.6 is 38.9 Å². The molecule has 90 valence electrons. The summed E-state index contributed by atoms with van der Waals surface area (Å²) in [7, 11) is 0. The molecule has 1 atom stereocenters. The van der Waals surface area contributed by atoms with Gasteiger partial charge in [-0.2, -0.15) is 0 Å². The lowest BCUT2D eigenvalue weighted by atomic mass is 10.0. The molecule has 1 unspecified atom stereocenters. The molecule has 0 amide bonds. The van der Waals surface area contributed by atoms with E-state index in [1.54, 1.807) is 11.3 Å². The number of benzene rings is 1. The maximum absolute atomic E-state index is 6.22. The van der Waals surface area contributed by atoms with Gasteiger partial charge in [-0.05, 0) is 36.2 Å². The Morgan fingerprint density at radius 1 is 1.35 bits per heavy atom. The molecule has 0 bridgehead atoms. The summed E-state index contributed by atoms with van der Waals surface area (Å²) in [5.74, 6) is 0. The Labute approximate surface area is 119 Å². The van der Waals surface area contributed by atoms with Gasteiger partial charge in [0.25, 0.3) is 0 Å². The van der Waals surface area contributed by atoms with Crippen molar-refractivity contribution in [2.24, 2.45) is 5.73 Å². The van der Waals surface area contributed by atoms with Crippen molar-refractivity contribution in [3.8, 4) is 0 Å². The summed E-state index contributed by atoms with van der Waals surface area (Å²) in [6.45, 7) is 2.07. The molecule has 2 N–H and O–H groups in total. The zero-order chi connectivity index (χ0) is 12.4. The Morgan fingerprint density at radius 3 is 2.71 bits per heavy atom. The Hall–Kier alpha value is -0.350. The number of hydrogen-bond donors (Lipinski definition) is 1. The van der Waals surface area contributed by atoms with E-state index in [0.717, 1.165) is 20.8 Å². The highest BCUT2D eigenvalue weighted by Crippen LogP contribution is 2.29. The van der Waals surface area contributed by atoms with Gasteiger partial charge >= 0.3 is 0 Å². The second kappa shape index (κ2) is 5.53. The molecule has 0 aliphatic heterocycles. The maximum Gasteiger partial charge on any atom is 0.0931 e. The highest BCUT2D eigenvalue weighted by atomic mass is 79.9. The molecule has 17 heavy (non-hydrogen) atoms. The molecular weight excluding hydrogens is 318 g/mol. The first-order valence-electron chi connectivity index (χ1n) is 5.32. The molecule has 1 aromatic carbocycles. The average Bonchev–Trinajstić information content (AvgIpc) is 2.63. The quantitative estimate of drug-likeness (QED) is 0.866. The van der Waals surface area contributed by atoms with Crippen molar-refractivity contribution in [3.05, 3.63) is 55.1 Å². The first-order valence-corrected chi connectivity index (χ1v) is 7.31. The van der Waals surface area contributed by atoms with Crippen LogP contribution in [0.3, 0.4) is 0 Å². The molecule has 1 heterocycles. The zero-order valence-electron chi connectivity index (χ0n) is 9.41. The van der Waals surface area contributed by atoms with Gasteiger partial charge in [0.2, 0.25) is 0 Å². The fraction of sp³-hybridized carbons (Fsp3) is 0.231. The van der Waals surface area contributed by atoms with Crippen LogP contribution in [0.15, 0.2) is 34.8 Å². The van der Waals surface area contributed by atoms with Crippen LogP contribution in [0.25, 0.3) is 0 Å². The molecule has 0 aliphatic rings. The first-order chi connectivity index (χ1) is 8.06. The van der Waals surface area contributed by atoms with Gasteiger partial charge in [-0.15, -0.1) is 11.3 Å². The summed E-state index contributed by atoms with van der Waals surface area (Å²) in [5.41, 5.74) is 8.59. The number of rotatable bonds is 3. The van der Waals surface area contributed by atoms with E-state index < -0.39 is 0 Å². The van der Waals surface area contributed by atoms with Crippen molar-refractivity contribution >= 4 is 38.9 Å². The number of nitrogens with two attached hydrogens (primary N) is 1. The number of thiophene rings is 1. The monoisotopic (exact) mass is 329 g/mol. The molecule has 0 saturated heterocycles. The predicted octanol–water partition coefficient (Wildman–Crippen LogP) is 4.71. The summed E-state index contributed by atoms with van der Waals surface area (Å²) >= 11 is 11.1. The van der Waals surface area contributed by atoms with Crippen LogP contribution in [0.4, 0.5) is 0 Å². The minimum atomic E-state index is -0.000285. The number of hydrogen-bond acceptors (Lipinski definition) is 2. The van der Waals surface area contributed by atoms with Crippen LogP contribution < -0.4 is 5.73 Å². The van der Waals surface area contributed by atoms with Gasteiger partial charge in [-0.25, -0.2) is 0 Å². The fourth-order valence-corrected chi connectivity index (χ4v) is 3.65. The normalized spacial score (nSPS) is 12.7. The second-order valence-corrected chi connectivity index (χ2v) is 6.70. The predicted molar refractivity (Wildman–Crippen MR) is 78.8 cm³/mol. The third-order valence-electron chi connectivity index (χ3n) is 2.61. The minimum absolute atomic E-state index is 0.000285. The van der Waals surface area contributed by atoms with Crippen LogP contribution in [-0.2, 0) is 6.42 Å². The molecule has 0 spiro atoms. The van der Waals surface area contributed by atoms with Crippen molar-refractivity contribution in [2.45, 2.75) is 19.4 Å². The molecule has 1 aromatic heterocycles. The van der Waals surface area contributed by atoms with Crippen LogP contribution in [-0.4, -0.2) is 0 Å². The molecule has 0 fully saturated rings. The number of aryl methyl sites for hydroxylation is 1. The van der Waals surface area contributed by atoms with Gasteiger partial charge in [0.15, 0.2) is 0 Å². The van der Waals surface area contributed by atoms with Gasteiger partial charge in [-0.1, -0.05) is 39.7 Å². The van der Waals surface area contributed by atoms with Crippen molar-refractivity contribution in [2.75, 3.05) is 0 Å². The molecule has 0 aliphatic carbocycles. The highest BCUT2D eigenvalue weighted by Gasteiger charge is 2.11. The molecule has 4 heteroatoms. The van der Waals surface area contributed by atoms with Crippen LogP contribution in [0, 0.1) is 6.92 Å². The highest BCUT2D eigenvalue weighted by molar-refractivity contribution is 9.10. The molecule has 2 aromatic rings. The minimum Gasteiger partial charge on any atom is -0.324 e. The SMILES string of the molecule is Cc1ccc(C(N)Cc2ccc(Cl)s2)c(Br)c1. The fourth-order valence-electron chi connectivity index (χ4n) is 1.72. The number of halogens is 2. The topological polar surface area (TPSA) is 26.0 Å². The van der Waals surface area contributed by atoms with Gasteiger partial charge in [-0.3, -0.25) is 0 Å². The smallest absolute Gasteiger partial charge is 0.0931 e. The Morgan fingerprint density at radius 2 is 2.12 bits per heavy atom. The third-order valence-corrected chi connectivity index (χ3v) is 4.55. The van der Waals surface area contributed by atoms with Crippen LogP contribution in [0.5, 0.6) is 0 Å². The van der Waals surface area contributed by atoms with E-state index in [2.05, 4.69) is 41.1 Å². The summed E-state index contributed by atoms with van der Waals surface area (Å²) in [6.07, 6.45) is 0.818. The van der Waals surface area contributed by atoms with Gasteiger partial charge < -0.3 is 5.73 Å². The third kappa shape index (κ3) is 3.32. The summed E-state index contributed by atoms with van der Waals surface area (Å²) < 4.78 is 1.89. The summed E-state index contributed by atoms with van der Waals surface area (Å²) in [4.78, 5) is 1.22. The largest absolute Gasteiger partial charge is 0.324 e. The summed E-state index contributed by atoms with van der Waals surface area (Å²) in [5, 5.41) is 0.